The lowest BCUT2D eigenvalue weighted by Crippen LogP contribution is -2.30. The fraction of sp³-hybridized carbons (Fsp3) is 0.312. The molecule has 1 atom stereocenters. The molecule has 0 radical (unpaired) electrons. The molecule has 3 heteroatoms. The fourth-order valence-corrected chi connectivity index (χ4v) is 3.22. The second-order valence-corrected chi connectivity index (χ2v) is 6.34. The number of rotatable bonds is 2. The summed E-state index contributed by atoms with van der Waals surface area (Å²) in [7, 11) is 0. The summed E-state index contributed by atoms with van der Waals surface area (Å²) in [4.78, 5) is 14.7. The van der Waals surface area contributed by atoms with Crippen LogP contribution in [0.5, 0.6) is 0 Å². The Bertz CT molecular complexity index is 605. The molecule has 0 aromatic heterocycles. The lowest BCUT2D eigenvalue weighted by molar-refractivity contribution is -0.129. The van der Waals surface area contributed by atoms with Crippen molar-refractivity contribution in [2.45, 2.75) is 17.7 Å². The lowest BCUT2D eigenvalue weighted by atomic mass is 10.0. The van der Waals surface area contributed by atoms with E-state index in [1.54, 1.807) is 0 Å². The molecular formula is C16H16BrNO. The van der Waals surface area contributed by atoms with E-state index >= 15 is 0 Å². The predicted octanol–water partition coefficient (Wildman–Crippen LogP) is 3.38. The van der Waals surface area contributed by atoms with Crippen molar-refractivity contribution in [3.8, 4) is 0 Å². The van der Waals surface area contributed by atoms with Crippen LogP contribution >= 0.6 is 15.9 Å². The van der Waals surface area contributed by atoms with Crippen molar-refractivity contribution in [3.63, 3.8) is 0 Å². The number of hydrogen-bond acceptors (Lipinski definition) is 1. The zero-order valence-corrected chi connectivity index (χ0v) is 12.3. The second kappa shape index (κ2) is 5.33. The summed E-state index contributed by atoms with van der Waals surface area (Å²) < 4.78 is 0. The van der Waals surface area contributed by atoms with Crippen LogP contribution < -0.4 is 0 Å². The van der Waals surface area contributed by atoms with E-state index in [4.69, 9.17) is 0 Å². The molecule has 0 saturated carbocycles. The summed E-state index contributed by atoms with van der Waals surface area (Å²) in [6.07, 6.45) is 1.56. The molecule has 0 N–H and O–H groups in total. The Morgan fingerprint density at radius 2 is 2.00 bits per heavy atom. The third kappa shape index (κ3) is 2.66. The van der Waals surface area contributed by atoms with Gasteiger partial charge in [0.05, 0.1) is 6.42 Å². The Morgan fingerprint density at radius 3 is 2.79 bits per heavy atom. The highest BCUT2D eigenvalue weighted by Crippen LogP contribution is 2.21. The maximum absolute atomic E-state index is 12.3. The molecule has 0 aliphatic carbocycles. The summed E-state index contributed by atoms with van der Waals surface area (Å²) >= 11 is 3.58. The number of alkyl halides is 1. The number of halogens is 1. The van der Waals surface area contributed by atoms with Gasteiger partial charge in [-0.05, 0) is 22.8 Å². The van der Waals surface area contributed by atoms with Crippen LogP contribution in [0.25, 0.3) is 10.8 Å². The molecule has 98 valence electrons. The molecule has 19 heavy (non-hydrogen) atoms. The smallest absolute Gasteiger partial charge is 0.227 e. The van der Waals surface area contributed by atoms with Gasteiger partial charge in [0.1, 0.15) is 0 Å². The third-order valence-corrected chi connectivity index (χ3v) is 4.45. The number of hydrogen-bond donors (Lipinski definition) is 0. The van der Waals surface area contributed by atoms with Crippen molar-refractivity contribution in [2.75, 3.05) is 13.1 Å². The number of likely N-dealkylation sites (tertiary alicyclic amines) is 1. The minimum absolute atomic E-state index is 0.235. The summed E-state index contributed by atoms with van der Waals surface area (Å²) in [5.41, 5.74) is 1.13. The van der Waals surface area contributed by atoms with E-state index in [2.05, 4.69) is 40.2 Å². The van der Waals surface area contributed by atoms with Crippen LogP contribution in [0.4, 0.5) is 0 Å². The van der Waals surface area contributed by atoms with Crippen molar-refractivity contribution in [3.05, 3.63) is 48.0 Å². The van der Waals surface area contributed by atoms with Crippen LogP contribution in [0, 0.1) is 0 Å². The predicted molar refractivity (Wildman–Crippen MR) is 81.6 cm³/mol. The maximum atomic E-state index is 12.3. The number of carbonyl (C=O) groups is 1. The molecule has 2 nitrogen and oxygen atoms in total. The molecule has 0 spiro atoms. The molecule has 1 fully saturated rings. The molecule has 0 bridgehead atoms. The van der Waals surface area contributed by atoms with Gasteiger partial charge in [0.25, 0.3) is 0 Å². The molecule has 1 aliphatic rings. The number of benzene rings is 2. The monoisotopic (exact) mass is 317 g/mol. The van der Waals surface area contributed by atoms with E-state index in [-0.39, 0.29) is 5.91 Å². The standard InChI is InChI=1S/C16H16BrNO/c17-14-8-9-18(11-14)16(19)10-13-6-3-5-12-4-1-2-7-15(12)13/h1-7,14H,8-11H2. The highest BCUT2D eigenvalue weighted by atomic mass is 79.9. The van der Waals surface area contributed by atoms with Crippen molar-refractivity contribution < 1.29 is 4.79 Å². The van der Waals surface area contributed by atoms with Gasteiger partial charge in [-0.2, -0.15) is 0 Å². The van der Waals surface area contributed by atoms with Gasteiger partial charge in [-0.3, -0.25) is 4.79 Å². The van der Waals surface area contributed by atoms with Gasteiger partial charge in [0, 0.05) is 17.9 Å². The van der Waals surface area contributed by atoms with Crippen LogP contribution in [0.3, 0.4) is 0 Å². The Kier molecular flexibility index (Phi) is 3.56. The van der Waals surface area contributed by atoms with Gasteiger partial charge in [0.2, 0.25) is 5.91 Å². The maximum Gasteiger partial charge on any atom is 0.227 e. The summed E-state index contributed by atoms with van der Waals surface area (Å²) in [5, 5.41) is 2.39. The summed E-state index contributed by atoms with van der Waals surface area (Å²) in [6.45, 7) is 1.71. The number of carbonyl (C=O) groups excluding carboxylic acids is 1. The van der Waals surface area contributed by atoms with Crippen molar-refractivity contribution in [1.29, 1.82) is 0 Å². The average molecular weight is 318 g/mol. The molecule has 2 aromatic carbocycles. The van der Waals surface area contributed by atoms with E-state index < -0.39 is 0 Å². The van der Waals surface area contributed by atoms with Gasteiger partial charge in [-0.15, -0.1) is 0 Å². The van der Waals surface area contributed by atoms with Gasteiger partial charge in [0.15, 0.2) is 0 Å². The Labute approximate surface area is 121 Å². The fourth-order valence-electron chi connectivity index (χ4n) is 2.67. The highest BCUT2D eigenvalue weighted by Gasteiger charge is 2.24. The molecule has 1 heterocycles. The largest absolute Gasteiger partial charge is 0.341 e. The third-order valence-electron chi connectivity index (χ3n) is 3.71. The number of amides is 1. The molecule has 1 aliphatic heterocycles. The molecule has 2 aromatic rings. The highest BCUT2D eigenvalue weighted by molar-refractivity contribution is 9.09. The molecule has 1 amide bonds. The van der Waals surface area contributed by atoms with E-state index in [0.29, 0.717) is 11.2 Å². The first-order chi connectivity index (χ1) is 9.24. The van der Waals surface area contributed by atoms with Crippen molar-refractivity contribution >= 4 is 32.6 Å². The summed E-state index contributed by atoms with van der Waals surface area (Å²) in [5.74, 6) is 0.235. The van der Waals surface area contributed by atoms with Crippen LogP contribution in [0.1, 0.15) is 12.0 Å². The van der Waals surface area contributed by atoms with Crippen LogP contribution in [-0.4, -0.2) is 28.7 Å². The van der Waals surface area contributed by atoms with E-state index in [1.165, 1.54) is 10.8 Å². The lowest BCUT2D eigenvalue weighted by Gasteiger charge is -2.16. The van der Waals surface area contributed by atoms with Gasteiger partial charge < -0.3 is 4.90 Å². The van der Waals surface area contributed by atoms with Gasteiger partial charge in [-0.25, -0.2) is 0 Å². The average Bonchev–Trinajstić information content (AvgIpc) is 2.86. The zero-order valence-electron chi connectivity index (χ0n) is 10.7. The minimum atomic E-state index is 0.235. The van der Waals surface area contributed by atoms with E-state index in [9.17, 15) is 4.79 Å². The first kappa shape index (κ1) is 12.7. The Hall–Kier alpha value is -1.35. The van der Waals surface area contributed by atoms with Crippen LogP contribution in [-0.2, 0) is 11.2 Å². The Balaban J connectivity index is 1.83. The zero-order chi connectivity index (χ0) is 13.2. The number of fused-ring (bicyclic) bond motifs is 1. The quantitative estimate of drug-likeness (QED) is 0.778. The van der Waals surface area contributed by atoms with E-state index in [0.717, 1.165) is 25.1 Å². The topological polar surface area (TPSA) is 20.3 Å². The SMILES string of the molecule is O=C(Cc1cccc2ccccc12)N1CCC(Br)C1. The first-order valence-corrected chi connectivity index (χ1v) is 7.54. The Morgan fingerprint density at radius 1 is 1.21 bits per heavy atom. The molecular weight excluding hydrogens is 302 g/mol. The van der Waals surface area contributed by atoms with Crippen LogP contribution in [0.15, 0.2) is 42.5 Å². The van der Waals surface area contributed by atoms with Crippen LogP contribution in [0.2, 0.25) is 0 Å². The molecule has 1 saturated heterocycles. The van der Waals surface area contributed by atoms with Gasteiger partial charge in [-0.1, -0.05) is 58.4 Å². The van der Waals surface area contributed by atoms with Gasteiger partial charge >= 0.3 is 0 Å². The first-order valence-electron chi connectivity index (χ1n) is 6.62. The van der Waals surface area contributed by atoms with Crippen molar-refractivity contribution in [2.24, 2.45) is 0 Å². The number of nitrogens with zero attached hydrogens (tertiary/aromatic N) is 1. The second-order valence-electron chi connectivity index (χ2n) is 5.04. The minimum Gasteiger partial charge on any atom is -0.341 e. The summed E-state index contributed by atoms with van der Waals surface area (Å²) in [6, 6.07) is 14.4. The van der Waals surface area contributed by atoms with E-state index in [1.807, 2.05) is 23.1 Å². The normalized spacial score (nSPS) is 19.0. The molecule has 1 unspecified atom stereocenters. The van der Waals surface area contributed by atoms with Crippen molar-refractivity contribution in [1.82, 2.24) is 4.90 Å². The molecule has 3 rings (SSSR count).